The molecule has 0 unspecified atom stereocenters. The molecule has 0 aliphatic heterocycles. The first-order valence-corrected chi connectivity index (χ1v) is 4.90. The molecule has 4 heteroatoms. The van der Waals surface area contributed by atoms with Gasteiger partial charge in [-0.15, -0.1) is 12.4 Å². The highest BCUT2D eigenvalue weighted by Gasteiger charge is 2.22. The van der Waals surface area contributed by atoms with Crippen molar-refractivity contribution in [1.82, 2.24) is 0 Å². The fraction of sp³-hybridized carbons (Fsp3) is 0.417. The molecule has 3 N–H and O–H groups in total. The largest absolute Gasteiger partial charge is 0.389 e. The predicted octanol–water partition coefficient (Wildman–Crippen LogP) is 1.62. The lowest BCUT2D eigenvalue weighted by Crippen LogP contribution is -2.44. The first-order chi connectivity index (χ1) is 6.93. The zero-order valence-corrected chi connectivity index (χ0v) is 10.3. The molecule has 0 radical (unpaired) electrons. The highest BCUT2D eigenvalue weighted by atomic mass is 35.5. The van der Waals surface area contributed by atoms with E-state index >= 15 is 0 Å². The van der Waals surface area contributed by atoms with Crippen LogP contribution in [0.5, 0.6) is 0 Å². The summed E-state index contributed by atoms with van der Waals surface area (Å²) in [6, 6.07) is 9.00. The summed E-state index contributed by atoms with van der Waals surface area (Å²) in [4.78, 5) is 0. The molecule has 16 heavy (non-hydrogen) atoms. The molecule has 0 aromatic heterocycles. The smallest absolute Gasteiger partial charge is 0.0991 e. The maximum Gasteiger partial charge on any atom is 0.0991 e. The van der Waals surface area contributed by atoms with E-state index in [4.69, 9.17) is 11.0 Å². The Labute approximate surface area is 102 Å². The van der Waals surface area contributed by atoms with Crippen LogP contribution in [0.1, 0.15) is 25.0 Å². The molecule has 0 heterocycles. The molecule has 0 spiro atoms. The minimum Gasteiger partial charge on any atom is -0.389 e. The fourth-order valence-corrected chi connectivity index (χ4v) is 1.22. The highest BCUT2D eigenvalue weighted by Crippen LogP contribution is 2.12. The molecular formula is C12H17ClN2O. The molecule has 1 rings (SSSR count). The van der Waals surface area contributed by atoms with Crippen LogP contribution in [-0.2, 0) is 6.42 Å². The van der Waals surface area contributed by atoms with Gasteiger partial charge in [0.25, 0.3) is 0 Å². The normalized spacial score (nSPS) is 12.4. The van der Waals surface area contributed by atoms with Crippen molar-refractivity contribution in [3.63, 3.8) is 0 Å². The zero-order chi connectivity index (χ0) is 11.5. The second kappa shape index (κ2) is 5.86. The number of hydrogen-bond acceptors (Lipinski definition) is 3. The van der Waals surface area contributed by atoms with Gasteiger partial charge >= 0.3 is 0 Å². The van der Waals surface area contributed by atoms with Gasteiger partial charge in [0, 0.05) is 6.04 Å². The molecule has 1 aromatic rings. The molecule has 88 valence electrons. The molecule has 1 atom stereocenters. The van der Waals surface area contributed by atoms with E-state index < -0.39 is 5.60 Å². The average Bonchev–Trinajstić information content (AvgIpc) is 2.17. The van der Waals surface area contributed by atoms with Crippen LogP contribution in [0.4, 0.5) is 0 Å². The standard InChI is InChI=1S/C12H16N2O.ClH/c1-12(2,15)11(14)7-9-3-5-10(8-13)6-4-9;/h3-6,11,15H,7,14H2,1-2H3;1H/t11-;/m1./s1. The van der Waals surface area contributed by atoms with Crippen molar-refractivity contribution in [3.8, 4) is 6.07 Å². The molecule has 0 aliphatic rings. The number of nitrogens with zero attached hydrogens (tertiary/aromatic N) is 1. The summed E-state index contributed by atoms with van der Waals surface area (Å²) in [5.74, 6) is 0. The Morgan fingerprint density at radius 1 is 1.38 bits per heavy atom. The minimum atomic E-state index is -0.881. The molecule has 0 saturated heterocycles. The molecule has 0 aliphatic carbocycles. The van der Waals surface area contributed by atoms with Crippen LogP contribution in [0.25, 0.3) is 0 Å². The SMILES string of the molecule is CC(C)(O)[C@H](N)Cc1ccc(C#N)cc1.Cl. The maximum absolute atomic E-state index is 9.67. The molecule has 0 bridgehead atoms. The lowest BCUT2D eigenvalue weighted by molar-refractivity contribution is 0.0521. The third-order valence-corrected chi connectivity index (χ3v) is 2.45. The highest BCUT2D eigenvalue weighted by molar-refractivity contribution is 5.85. The van der Waals surface area contributed by atoms with Crippen LogP contribution >= 0.6 is 12.4 Å². The summed E-state index contributed by atoms with van der Waals surface area (Å²) in [7, 11) is 0. The first kappa shape index (κ1) is 14.9. The van der Waals surface area contributed by atoms with Gasteiger partial charge < -0.3 is 10.8 Å². The number of hydrogen-bond donors (Lipinski definition) is 2. The van der Waals surface area contributed by atoms with Gasteiger partial charge in [-0.25, -0.2) is 0 Å². The van der Waals surface area contributed by atoms with Crippen LogP contribution < -0.4 is 5.73 Å². The van der Waals surface area contributed by atoms with Crippen molar-refractivity contribution >= 4 is 12.4 Å². The van der Waals surface area contributed by atoms with E-state index in [-0.39, 0.29) is 18.4 Å². The molecular weight excluding hydrogens is 224 g/mol. The Balaban J connectivity index is 0.00000225. The Morgan fingerprint density at radius 2 is 1.88 bits per heavy atom. The van der Waals surface area contributed by atoms with E-state index in [2.05, 4.69) is 6.07 Å². The topological polar surface area (TPSA) is 70.0 Å². The van der Waals surface area contributed by atoms with E-state index in [1.165, 1.54) is 0 Å². The second-order valence-electron chi connectivity index (χ2n) is 4.27. The Hall–Kier alpha value is -1.08. The second-order valence-corrected chi connectivity index (χ2v) is 4.27. The molecule has 0 saturated carbocycles. The van der Waals surface area contributed by atoms with Crippen molar-refractivity contribution in [2.24, 2.45) is 5.73 Å². The summed E-state index contributed by atoms with van der Waals surface area (Å²) in [6.45, 7) is 3.39. The minimum absolute atomic E-state index is 0. The van der Waals surface area contributed by atoms with Crippen LogP contribution in [0.2, 0.25) is 0 Å². The predicted molar refractivity (Wildman–Crippen MR) is 66.4 cm³/mol. The Kier molecular flexibility index (Phi) is 5.46. The van der Waals surface area contributed by atoms with E-state index in [1.54, 1.807) is 26.0 Å². The quantitative estimate of drug-likeness (QED) is 0.844. The fourth-order valence-electron chi connectivity index (χ4n) is 1.22. The lowest BCUT2D eigenvalue weighted by atomic mass is 9.93. The molecule has 0 amide bonds. The Morgan fingerprint density at radius 3 is 2.25 bits per heavy atom. The van der Waals surface area contributed by atoms with E-state index in [0.29, 0.717) is 12.0 Å². The Bertz CT molecular complexity index is 362. The average molecular weight is 241 g/mol. The van der Waals surface area contributed by atoms with Gasteiger partial charge in [-0.05, 0) is 38.0 Å². The third kappa shape index (κ3) is 4.19. The molecule has 0 fully saturated rings. The van der Waals surface area contributed by atoms with E-state index in [9.17, 15) is 5.11 Å². The number of rotatable bonds is 3. The summed E-state index contributed by atoms with van der Waals surface area (Å²) < 4.78 is 0. The summed E-state index contributed by atoms with van der Waals surface area (Å²) in [5.41, 5.74) is 6.62. The lowest BCUT2D eigenvalue weighted by Gasteiger charge is -2.25. The number of halogens is 1. The van der Waals surface area contributed by atoms with Gasteiger partial charge in [-0.1, -0.05) is 12.1 Å². The van der Waals surface area contributed by atoms with Gasteiger partial charge in [0.05, 0.1) is 17.2 Å². The first-order valence-electron chi connectivity index (χ1n) is 4.90. The number of nitrogens with two attached hydrogens (primary N) is 1. The molecule has 3 nitrogen and oxygen atoms in total. The van der Waals surface area contributed by atoms with Crippen molar-refractivity contribution in [3.05, 3.63) is 35.4 Å². The van der Waals surface area contributed by atoms with Gasteiger partial charge in [0.1, 0.15) is 0 Å². The van der Waals surface area contributed by atoms with Gasteiger partial charge in [0.2, 0.25) is 0 Å². The van der Waals surface area contributed by atoms with Gasteiger partial charge in [-0.2, -0.15) is 5.26 Å². The van der Waals surface area contributed by atoms with E-state index in [1.807, 2.05) is 12.1 Å². The third-order valence-electron chi connectivity index (χ3n) is 2.45. The van der Waals surface area contributed by atoms with Crippen LogP contribution in [0, 0.1) is 11.3 Å². The van der Waals surface area contributed by atoms with Crippen LogP contribution in [-0.4, -0.2) is 16.7 Å². The number of nitriles is 1. The molecule has 1 aromatic carbocycles. The van der Waals surface area contributed by atoms with Crippen molar-refractivity contribution in [2.75, 3.05) is 0 Å². The van der Waals surface area contributed by atoms with Crippen LogP contribution in [0.3, 0.4) is 0 Å². The van der Waals surface area contributed by atoms with Gasteiger partial charge in [0.15, 0.2) is 0 Å². The maximum atomic E-state index is 9.67. The number of benzene rings is 1. The van der Waals surface area contributed by atoms with Gasteiger partial charge in [-0.3, -0.25) is 0 Å². The zero-order valence-electron chi connectivity index (χ0n) is 9.47. The van der Waals surface area contributed by atoms with Crippen molar-refractivity contribution in [2.45, 2.75) is 31.9 Å². The summed E-state index contributed by atoms with van der Waals surface area (Å²) in [5, 5.41) is 18.3. The summed E-state index contributed by atoms with van der Waals surface area (Å²) in [6.07, 6.45) is 0.606. The van der Waals surface area contributed by atoms with Crippen molar-refractivity contribution in [1.29, 1.82) is 5.26 Å². The number of aliphatic hydroxyl groups is 1. The van der Waals surface area contributed by atoms with E-state index in [0.717, 1.165) is 5.56 Å². The monoisotopic (exact) mass is 240 g/mol. The van der Waals surface area contributed by atoms with Crippen molar-refractivity contribution < 1.29 is 5.11 Å². The van der Waals surface area contributed by atoms with Crippen LogP contribution in [0.15, 0.2) is 24.3 Å². The summed E-state index contributed by atoms with van der Waals surface area (Å²) >= 11 is 0.